The van der Waals surface area contributed by atoms with E-state index in [4.69, 9.17) is 14.2 Å². The van der Waals surface area contributed by atoms with Crippen molar-refractivity contribution in [2.75, 3.05) is 14.2 Å². The van der Waals surface area contributed by atoms with E-state index in [-0.39, 0.29) is 15.3 Å². The largest absolute Gasteiger partial charge is 0.370 e. The van der Waals surface area contributed by atoms with E-state index in [9.17, 15) is 0 Å². The molecular formula is C11H22O3Si. The quantitative estimate of drug-likeness (QED) is 0.404. The van der Waals surface area contributed by atoms with Crippen LogP contribution in [0.1, 0.15) is 19.3 Å². The first-order valence-corrected chi connectivity index (χ1v) is 8.43. The van der Waals surface area contributed by atoms with Crippen LogP contribution in [0.15, 0.2) is 0 Å². The molecule has 1 aliphatic heterocycles. The van der Waals surface area contributed by atoms with Crippen LogP contribution in [0.2, 0.25) is 12.6 Å². The van der Waals surface area contributed by atoms with Gasteiger partial charge in [0, 0.05) is 29.7 Å². The zero-order chi connectivity index (χ0) is 10.9. The minimum Gasteiger partial charge on any atom is -0.370 e. The summed E-state index contributed by atoms with van der Waals surface area (Å²) < 4.78 is 17.0. The second kappa shape index (κ2) is 4.53. The highest BCUT2D eigenvalue weighted by Crippen LogP contribution is 2.45. The van der Waals surface area contributed by atoms with Crippen LogP contribution in [0.3, 0.4) is 0 Å². The van der Waals surface area contributed by atoms with Crippen molar-refractivity contribution in [2.45, 2.75) is 49.8 Å². The molecule has 3 unspecified atom stereocenters. The summed E-state index contributed by atoms with van der Waals surface area (Å²) in [6.07, 6.45) is 4.58. The molecule has 0 spiro atoms. The minimum atomic E-state index is -0.308. The molecule has 0 radical (unpaired) electrons. The highest BCUT2D eigenvalue weighted by molar-refractivity contribution is 6.33. The maximum absolute atomic E-state index is 5.69. The van der Waals surface area contributed by atoms with Gasteiger partial charge in [0.2, 0.25) is 0 Å². The normalized spacial score (nSPS) is 35.8. The Hall–Kier alpha value is 0.0969. The molecule has 0 aromatic heterocycles. The van der Waals surface area contributed by atoms with Crippen LogP contribution in [0, 0.1) is 5.92 Å². The number of hydrogen-bond donors (Lipinski definition) is 0. The van der Waals surface area contributed by atoms with Crippen molar-refractivity contribution in [3.8, 4) is 0 Å². The first-order chi connectivity index (χ1) is 7.25. The fourth-order valence-electron chi connectivity index (χ4n) is 2.98. The zero-order valence-electron chi connectivity index (χ0n) is 9.99. The predicted octanol–water partition coefficient (Wildman–Crippen LogP) is 1.18. The maximum atomic E-state index is 5.69. The van der Waals surface area contributed by atoms with Gasteiger partial charge in [-0.1, -0.05) is 6.55 Å². The summed E-state index contributed by atoms with van der Waals surface area (Å²) in [6.45, 7) is 2.31. The van der Waals surface area contributed by atoms with Gasteiger partial charge in [-0.05, 0) is 25.3 Å². The molecule has 3 nitrogen and oxygen atoms in total. The zero-order valence-corrected chi connectivity index (χ0v) is 11.4. The Bertz CT molecular complexity index is 218. The van der Waals surface area contributed by atoms with Crippen LogP contribution in [-0.4, -0.2) is 41.7 Å². The molecule has 0 N–H and O–H groups in total. The molecule has 2 aliphatic rings. The molecule has 1 saturated heterocycles. The fourth-order valence-corrected chi connectivity index (χ4v) is 4.49. The lowest BCUT2D eigenvalue weighted by Gasteiger charge is -2.39. The van der Waals surface area contributed by atoms with E-state index in [1.807, 2.05) is 0 Å². The van der Waals surface area contributed by atoms with Crippen LogP contribution in [0.4, 0.5) is 0 Å². The summed E-state index contributed by atoms with van der Waals surface area (Å²) in [5, 5.41) is 0. The van der Waals surface area contributed by atoms with E-state index >= 15 is 0 Å². The lowest BCUT2D eigenvalue weighted by Crippen LogP contribution is -2.44. The molecule has 1 saturated carbocycles. The first-order valence-electron chi connectivity index (χ1n) is 6.01. The van der Waals surface area contributed by atoms with E-state index in [1.165, 1.54) is 12.8 Å². The van der Waals surface area contributed by atoms with Crippen molar-refractivity contribution in [3.05, 3.63) is 0 Å². The molecule has 3 atom stereocenters. The molecule has 2 rings (SSSR count). The first kappa shape index (κ1) is 11.6. The number of fused-ring (bicyclic) bond motifs is 1. The van der Waals surface area contributed by atoms with Gasteiger partial charge in [-0.3, -0.25) is 0 Å². The van der Waals surface area contributed by atoms with Gasteiger partial charge in [-0.2, -0.15) is 0 Å². The monoisotopic (exact) mass is 230 g/mol. The Morgan fingerprint density at radius 1 is 1.27 bits per heavy atom. The smallest absolute Gasteiger partial charge is 0.167 e. The molecule has 0 aromatic carbocycles. The van der Waals surface area contributed by atoms with Crippen LogP contribution in [-0.2, 0) is 14.2 Å². The van der Waals surface area contributed by atoms with Crippen molar-refractivity contribution >= 4 is 9.52 Å². The summed E-state index contributed by atoms with van der Waals surface area (Å²) in [7, 11) is 3.52. The molecule has 2 fully saturated rings. The van der Waals surface area contributed by atoms with Gasteiger partial charge in [-0.25, -0.2) is 0 Å². The van der Waals surface area contributed by atoms with Gasteiger partial charge in [0.15, 0.2) is 5.79 Å². The number of rotatable bonds is 5. The van der Waals surface area contributed by atoms with Crippen molar-refractivity contribution in [2.24, 2.45) is 5.92 Å². The van der Waals surface area contributed by atoms with E-state index in [0.717, 1.165) is 12.5 Å². The van der Waals surface area contributed by atoms with Crippen LogP contribution in [0.5, 0.6) is 0 Å². The third-order valence-electron chi connectivity index (χ3n) is 3.92. The fraction of sp³-hybridized carbons (Fsp3) is 1.00. The number of ether oxygens (including phenoxy) is 3. The van der Waals surface area contributed by atoms with Gasteiger partial charge in [-0.15, -0.1) is 0 Å². The minimum absolute atomic E-state index is 0.0512. The average Bonchev–Trinajstić information content (AvgIpc) is 3.04. The molecule has 15 heavy (non-hydrogen) atoms. The SMILES string of the molecule is COC(C[SiH2]C)(OC)C1CCC2OC2C1. The van der Waals surface area contributed by atoms with Crippen molar-refractivity contribution in [1.29, 1.82) is 0 Å². The molecule has 4 heteroatoms. The summed E-state index contributed by atoms with van der Waals surface area (Å²) >= 11 is 0. The maximum Gasteiger partial charge on any atom is 0.167 e. The summed E-state index contributed by atoms with van der Waals surface area (Å²) in [6, 6.07) is 1.11. The number of epoxide rings is 1. The lowest BCUT2D eigenvalue weighted by molar-refractivity contribution is -0.230. The third kappa shape index (κ3) is 2.13. The van der Waals surface area contributed by atoms with Gasteiger partial charge in [0.25, 0.3) is 0 Å². The van der Waals surface area contributed by atoms with Gasteiger partial charge < -0.3 is 14.2 Å². The molecule has 0 bridgehead atoms. The van der Waals surface area contributed by atoms with Gasteiger partial charge in [0.05, 0.1) is 12.2 Å². The summed E-state index contributed by atoms with van der Waals surface area (Å²) in [5.41, 5.74) is 0. The predicted molar refractivity (Wildman–Crippen MR) is 62.0 cm³/mol. The van der Waals surface area contributed by atoms with Crippen molar-refractivity contribution in [1.82, 2.24) is 0 Å². The Kier molecular flexibility index (Phi) is 3.50. The number of hydrogen-bond acceptors (Lipinski definition) is 3. The standard InChI is InChI=1S/C11H22O3Si/c1-12-11(13-2,7-15-3)8-4-5-9-10(6-8)14-9/h8-10H,4-7,15H2,1-3H3. The molecule has 0 amide bonds. The van der Waals surface area contributed by atoms with Crippen molar-refractivity contribution < 1.29 is 14.2 Å². The number of methoxy groups -OCH3 is 2. The second-order valence-electron chi connectivity index (χ2n) is 4.69. The van der Waals surface area contributed by atoms with Gasteiger partial charge >= 0.3 is 0 Å². The lowest BCUT2D eigenvalue weighted by atomic mass is 9.83. The van der Waals surface area contributed by atoms with Gasteiger partial charge in [0.1, 0.15) is 0 Å². The van der Waals surface area contributed by atoms with E-state index < -0.39 is 0 Å². The second-order valence-corrected chi connectivity index (χ2v) is 6.19. The Morgan fingerprint density at radius 3 is 2.53 bits per heavy atom. The highest BCUT2D eigenvalue weighted by Gasteiger charge is 2.50. The average molecular weight is 230 g/mol. The van der Waals surface area contributed by atoms with Crippen molar-refractivity contribution in [3.63, 3.8) is 0 Å². The topological polar surface area (TPSA) is 31.0 Å². The van der Waals surface area contributed by atoms with Crippen LogP contribution < -0.4 is 0 Å². The Labute approximate surface area is 94.3 Å². The van der Waals surface area contributed by atoms with Crippen LogP contribution >= 0.6 is 0 Å². The highest BCUT2D eigenvalue weighted by atomic mass is 28.2. The molecule has 1 aliphatic carbocycles. The summed E-state index contributed by atoms with van der Waals surface area (Å²) in [5.74, 6) is 0.224. The molecule has 1 heterocycles. The summed E-state index contributed by atoms with van der Waals surface area (Å²) in [4.78, 5) is 0. The molecular weight excluding hydrogens is 208 g/mol. The Morgan fingerprint density at radius 2 is 2.00 bits per heavy atom. The van der Waals surface area contributed by atoms with E-state index in [1.54, 1.807) is 14.2 Å². The van der Waals surface area contributed by atoms with E-state index in [2.05, 4.69) is 6.55 Å². The third-order valence-corrected chi connectivity index (χ3v) is 5.11. The van der Waals surface area contributed by atoms with Crippen LogP contribution in [0.25, 0.3) is 0 Å². The molecule has 88 valence electrons. The molecule has 0 aromatic rings. The van der Waals surface area contributed by atoms with E-state index in [0.29, 0.717) is 18.1 Å². The Balaban J connectivity index is 2.01.